The number of methoxy groups -OCH3 is 2. The third-order valence-corrected chi connectivity index (χ3v) is 12.1. The van der Waals surface area contributed by atoms with Crippen molar-refractivity contribution < 1.29 is 14.3 Å². The Morgan fingerprint density at radius 1 is 0.920 bits per heavy atom. The number of carbonyl (C=O) groups is 1. The van der Waals surface area contributed by atoms with Crippen molar-refractivity contribution in [1.29, 1.82) is 0 Å². The molecule has 5 aromatic rings. The van der Waals surface area contributed by atoms with Gasteiger partial charge in [0.2, 0.25) is 5.88 Å². The van der Waals surface area contributed by atoms with Crippen LogP contribution in [0.15, 0.2) is 53.5 Å². The van der Waals surface area contributed by atoms with Crippen LogP contribution < -0.4 is 14.4 Å². The minimum atomic E-state index is 0.107. The van der Waals surface area contributed by atoms with E-state index in [4.69, 9.17) is 24.4 Å². The molecule has 3 saturated carbocycles. The number of carbonyl (C=O) groups excluding carboxylic acids is 1. The van der Waals surface area contributed by atoms with Crippen LogP contribution in [0.2, 0.25) is 0 Å². The Bertz CT molecular complexity index is 2190. The molecule has 5 fully saturated rings. The van der Waals surface area contributed by atoms with Gasteiger partial charge in [0.05, 0.1) is 31.1 Å². The van der Waals surface area contributed by atoms with Crippen molar-refractivity contribution in [2.24, 2.45) is 34.6 Å². The summed E-state index contributed by atoms with van der Waals surface area (Å²) in [5.74, 6) is 6.46. The molecule has 0 spiro atoms. The SMILES string of the molecule is CN=Cc1cccc(N2CC(Cn3c(-c4cc5ccc(OC)nc5n4CC4CC4)nc4cc(C(=O)N5CC6CC7CC5[C@H]76)cc(OC)c43)C2)n1. The number of aliphatic imine (C=N–C) groups is 1. The Balaban J connectivity index is 1.06. The molecule has 5 aliphatic rings. The van der Waals surface area contributed by atoms with Crippen molar-refractivity contribution in [3.05, 3.63) is 59.8 Å². The fourth-order valence-electron chi connectivity index (χ4n) is 9.35. The Morgan fingerprint density at radius 2 is 1.78 bits per heavy atom. The maximum absolute atomic E-state index is 14.1. The van der Waals surface area contributed by atoms with Crippen LogP contribution in [0, 0.1) is 29.6 Å². The third kappa shape index (κ3) is 4.65. The minimum Gasteiger partial charge on any atom is -0.494 e. The van der Waals surface area contributed by atoms with E-state index in [0.29, 0.717) is 41.0 Å². The molecule has 0 radical (unpaired) electrons. The number of fused-ring (bicyclic) bond motifs is 2. The van der Waals surface area contributed by atoms with Crippen LogP contribution in [-0.4, -0.2) is 88.1 Å². The molecule has 0 N–H and O–H groups in total. The van der Waals surface area contributed by atoms with Crippen molar-refractivity contribution in [2.45, 2.75) is 44.8 Å². The van der Waals surface area contributed by atoms with E-state index < -0.39 is 0 Å². The van der Waals surface area contributed by atoms with Crippen molar-refractivity contribution >= 4 is 40.0 Å². The molecular formula is C39H42N8O3. The number of benzene rings is 1. The molecule has 2 saturated heterocycles. The van der Waals surface area contributed by atoms with E-state index in [2.05, 4.69) is 42.1 Å². The van der Waals surface area contributed by atoms with E-state index in [1.807, 2.05) is 30.3 Å². The molecule has 2 aliphatic heterocycles. The summed E-state index contributed by atoms with van der Waals surface area (Å²) in [6, 6.07) is 16.7. The smallest absolute Gasteiger partial charge is 0.254 e. The summed E-state index contributed by atoms with van der Waals surface area (Å²) in [5.41, 5.74) is 5.17. The Kier molecular flexibility index (Phi) is 6.76. The molecular weight excluding hydrogens is 628 g/mol. The lowest BCUT2D eigenvalue weighted by Gasteiger charge is -2.52. The van der Waals surface area contributed by atoms with Gasteiger partial charge in [0.25, 0.3) is 5.91 Å². The molecule has 4 aromatic heterocycles. The van der Waals surface area contributed by atoms with E-state index in [-0.39, 0.29) is 5.91 Å². The molecule has 3 aliphatic carbocycles. The molecule has 11 nitrogen and oxygen atoms in total. The fourth-order valence-corrected chi connectivity index (χ4v) is 9.35. The van der Waals surface area contributed by atoms with Crippen molar-refractivity contribution in [2.75, 3.05) is 45.8 Å². The van der Waals surface area contributed by atoms with Gasteiger partial charge in [-0.05, 0) is 85.8 Å². The average Bonchev–Trinajstić information content (AvgIpc) is 3.76. The molecule has 50 heavy (non-hydrogen) atoms. The van der Waals surface area contributed by atoms with Crippen LogP contribution in [0.4, 0.5) is 5.82 Å². The van der Waals surface area contributed by atoms with Crippen molar-refractivity contribution in [3.8, 4) is 23.1 Å². The predicted octanol–water partition coefficient (Wildman–Crippen LogP) is 5.54. The second-order valence-corrected chi connectivity index (χ2v) is 15.1. The van der Waals surface area contributed by atoms with Gasteiger partial charge < -0.3 is 28.4 Å². The first-order valence-electron chi connectivity index (χ1n) is 18.1. The molecule has 6 heterocycles. The number of rotatable bonds is 10. The molecule has 0 bridgehead atoms. The minimum absolute atomic E-state index is 0.107. The number of hydrogen-bond acceptors (Lipinski definition) is 8. The number of ether oxygens (including phenoxy) is 2. The molecule has 3 unspecified atom stereocenters. The Labute approximate surface area is 290 Å². The fraction of sp³-hybridized carbons (Fsp3) is 0.462. The van der Waals surface area contributed by atoms with E-state index >= 15 is 0 Å². The number of hydrogen-bond donors (Lipinski definition) is 0. The summed E-state index contributed by atoms with van der Waals surface area (Å²) in [6.07, 6.45) is 6.66. The van der Waals surface area contributed by atoms with Crippen LogP contribution in [-0.2, 0) is 13.1 Å². The topological polar surface area (TPSA) is 103 Å². The zero-order valence-electron chi connectivity index (χ0n) is 28.8. The van der Waals surface area contributed by atoms with Crippen LogP contribution in [0.5, 0.6) is 11.6 Å². The zero-order valence-corrected chi connectivity index (χ0v) is 28.8. The van der Waals surface area contributed by atoms with Gasteiger partial charge >= 0.3 is 0 Å². The normalized spacial score (nSPS) is 24.1. The van der Waals surface area contributed by atoms with Crippen molar-refractivity contribution in [1.82, 2.24) is 29.0 Å². The highest BCUT2D eigenvalue weighted by molar-refractivity contribution is 6.00. The Hall–Kier alpha value is -4.93. The monoisotopic (exact) mass is 670 g/mol. The molecule has 10 rings (SSSR count). The summed E-state index contributed by atoms with van der Waals surface area (Å²) in [7, 11) is 5.13. The van der Waals surface area contributed by atoms with Gasteiger partial charge in [-0.15, -0.1) is 0 Å². The summed E-state index contributed by atoms with van der Waals surface area (Å²) >= 11 is 0. The molecule has 256 valence electrons. The first-order chi connectivity index (χ1) is 24.5. The largest absolute Gasteiger partial charge is 0.494 e. The van der Waals surface area contributed by atoms with Crippen LogP contribution in [0.1, 0.15) is 41.7 Å². The molecule has 1 aromatic carbocycles. The summed E-state index contributed by atoms with van der Waals surface area (Å²) < 4.78 is 16.3. The average molecular weight is 671 g/mol. The van der Waals surface area contributed by atoms with Crippen LogP contribution in [0.25, 0.3) is 33.6 Å². The number of amides is 1. The highest BCUT2D eigenvalue weighted by Crippen LogP contribution is 2.61. The number of nitrogens with zero attached hydrogens (tertiary/aromatic N) is 8. The quantitative estimate of drug-likeness (QED) is 0.180. The van der Waals surface area contributed by atoms with Gasteiger partial charge in [-0.2, -0.15) is 4.98 Å². The van der Waals surface area contributed by atoms with Gasteiger partial charge in [-0.25, -0.2) is 9.97 Å². The van der Waals surface area contributed by atoms with E-state index in [9.17, 15) is 4.79 Å². The lowest BCUT2D eigenvalue weighted by molar-refractivity contribution is -0.0204. The number of pyridine rings is 2. The van der Waals surface area contributed by atoms with Gasteiger partial charge in [0.15, 0.2) is 5.82 Å². The number of imidazole rings is 1. The highest BCUT2D eigenvalue weighted by atomic mass is 16.5. The number of anilines is 1. The predicted molar refractivity (Wildman–Crippen MR) is 192 cm³/mol. The number of aromatic nitrogens is 5. The van der Waals surface area contributed by atoms with Gasteiger partial charge in [-0.1, -0.05) is 6.07 Å². The van der Waals surface area contributed by atoms with Crippen molar-refractivity contribution in [3.63, 3.8) is 0 Å². The summed E-state index contributed by atoms with van der Waals surface area (Å²) in [5, 5.41) is 1.06. The maximum Gasteiger partial charge on any atom is 0.254 e. The summed E-state index contributed by atoms with van der Waals surface area (Å²) in [4.78, 5) is 37.8. The van der Waals surface area contributed by atoms with Crippen LogP contribution >= 0.6 is 0 Å². The van der Waals surface area contributed by atoms with E-state index in [1.165, 1.54) is 19.3 Å². The molecule has 11 heteroatoms. The first kappa shape index (κ1) is 29.9. The maximum atomic E-state index is 14.1. The second kappa shape index (κ2) is 11.3. The van der Waals surface area contributed by atoms with Gasteiger partial charge in [-0.3, -0.25) is 9.79 Å². The standard InChI is InChI=1S/C39H42N8O3/c1-40-16-28-5-4-6-33(41-28)44-17-23(18-44)20-47-36-29(12-26(15-32(36)49-2)39(48)46-21-27-11-25-14-30(46)35(25)27)42-38(47)31-13-24-9-10-34(50-3)43-37(24)45(31)19-22-7-8-22/h4-6,9-10,12-13,15-16,22-23,25,27,30,35H,7-8,11,14,17-21H2,1-3H3/t25?,27?,30?,35-/m1/s1. The van der Waals surface area contributed by atoms with Gasteiger partial charge in [0, 0.05) is 75.0 Å². The lowest BCUT2D eigenvalue weighted by atomic mass is 9.53. The molecule has 4 atom stereocenters. The second-order valence-electron chi connectivity index (χ2n) is 15.1. The Morgan fingerprint density at radius 3 is 2.54 bits per heavy atom. The zero-order chi connectivity index (χ0) is 33.7. The number of likely N-dealkylation sites (tertiary alicyclic amines) is 1. The van der Waals surface area contributed by atoms with Gasteiger partial charge in [0.1, 0.15) is 22.7 Å². The first-order valence-corrected chi connectivity index (χ1v) is 18.1. The summed E-state index contributed by atoms with van der Waals surface area (Å²) in [6.45, 7) is 4.26. The van der Waals surface area contributed by atoms with E-state index in [0.717, 1.165) is 96.1 Å². The van der Waals surface area contributed by atoms with E-state index in [1.54, 1.807) is 27.5 Å². The van der Waals surface area contributed by atoms with Crippen LogP contribution in [0.3, 0.4) is 0 Å². The highest BCUT2D eigenvalue weighted by Gasteiger charge is 2.61. The third-order valence-electron chi connectivity index (χ3n) is 12.1. The molecule has 1 amide bonds. The lowest BCUT2D eigenvalue weighted by Crippen LogP contribution is -2.53.